The molecule has 0 bridgehead atoms. The van der Waals surface area contributed by atoms with Gasteiger partial charge in [-0.05, 0) is 57.0 Å². The number of hydrogen-bond acceptors (Lipinski definition) is 5. The summed E-state index contributed by atoms with van der Waals surface area (Å²) in [7, 11) is -2.72. The first kappa shape index (κ1) is 29.7. The van der Waals surface area contributed by atoms with E-state index in [4.69, 9.17) is 4.74 Å². The zero-order chi connectivity index (χ0) is 28.6. The largest absolute Gasteiger partial charge is 0.495 e. The Hall–Kier alpha value is -3.85. The van der Waals surface area contributed by atoms with Crippen LogP contribution < -0.4 is 14.4 Å². The fraction of sp³-hybridized carbons (Fsp3) is 0.333. The van der Waals surface area contributed by atoms with Gasteiger partial charge in [0.05, 0.1) is 17.7 Å². The van der Waals surface area contributed by atoms with E-state index in [1.54, 1.807) is 43.3 Å². The molecule has 0 aliphatic rings. The maximum atomic E-state index is 14.0. The van der Waals surface area contributed by atoms with Crippen molar-refractivity contribution in [2.24, 2.45) is 0 Å². The second-order valence-corrected chi connectivity index (χ2v) is 11.3. The molecule has 1 N–H and O–H groups in total. The Kier molecular flexibility index (Phi) is 10.1. The fourth-order valence-electron chi connectivity index (χ4n) is 4.17. The molecule has 0 fully saturated rings. The van der Waals surface area contributed by atoms with Crippen LogP contribution in [0.3, 0.4) is 0 Å². The molecular formula is C30H37N3O5S. The maximum Gasteiger partial charge on any atom is 0.264 e. The third kappa shape index (κ3) is 7.38. The van der Waals surface area contributed by atoms with Crippen molar-refractivity contribution < 1.29 is 22.7 Å². The number of para-hydroxylation sites is 2. The third-order valence-corrected chi connectivity index (χ3v) is 8.17. The molecule has 1 unspecified atom stereocenters. The van der Waals surface area contributed by atoms with Crippen LogP contribution >= 0.6 is 0 Å². The molecule has 8 nitrogen and oxygen atoms in total. The number of ether oxygens (including phenoxy) is 1. The first-order valence-corrected chi connectivity index (χ1v) is 14.4. The van der Waals surface area contributed by atoms with Crippen LogP contribution in [0.2, 0.25) is 0 Å². The molecule has 0 saturated carbocycles. The number of amides is 2. The minimum atomic E-state index is -4.17. The lowest BCUT2D eigenvalue weighted by atomic mass is 10.1. The highest BCUT2D eigenvalue weighted by Gasteiger charge is 2.33. The summed E-state index contributed by atoms with van der Waals surface area (Å²) in [5, 5.41) is 2.84. The van der Waals surface area contributed by atoms with E-state index in [2.05, 4.69) is 5.32 Å². The SMILES string of the molecule is CCCNC(=O)C(C)N(Cc1cccc(C)c1)C(=O)CN(c1ccccc1OC)S(=O)(=O)c1ccc(C)cc1. The van der Waals surface area contributed by atoms with E-state index in [1.807, 2.05) is 45.0 Å². The van der Waals surface area contributed by atoms with Crippen LogP contribution in [-0.4, -0.2) is 51.4 Å². The monoisotopic (exact) mass is 551 g/mol. The van der Waals surface area contributed by atoms with Crippen LogP contribution in [0.4, 0.5) is 5.69 Å². The maximum absolute atomic E-state index is 14.0. The number of rotatable bonds is 12. The Balaban J connectivity index is 2.06. The van der Waals surface area contributed by atoms with Gasteiger partial charge >= 0.3 is 0 Å². The Labute approximate surface area is 231 Å². The Morgan fingerprint density at radius 2 is 1.64 bits per heavy atom. The molecule has 3 aromatic carbocycles. The van der Waals surface area contributed by atoms with Crippen molar-refractivity contribution in [3.63, 3.8) is 0 Å². The quantitative estimate of drug-likeness (QED) is 0.359. The van der Waals surface area contributed by atoms with E-state index < -0.39 is 28.5 Å². The van der Waals surface area contributed by atoms with E-state index in [0.29, 0.717) is 12.3 Å². The first-order valence-electron chi connectivity index (χ1n) is 12.9. The highest BCUT2D eigenvalue weighted by molar-refractivity contribution is 7.92. The van der Waals surface area contributed by atoms with Crippen LogP contribution in [0.15, 0.2) is 77.7 Å². The van der Waals surface area contributed by atoms with Crippen molar-refractivity contribution in [2.45, 2.75) is 51.6 Å². The highest BCUT2D eigenvalue weighted by atomic mass is 32.2. The fourth-order valence-corrected chi connectivity index (χ4v) is 5.60. The van der Waals surface area contributed by atoms with Crippen LogP contribution in [-0.2, 0) is 26.2 Å². The number of aryl methyl sites for hydroxylation is 2. The zero-order valence-corrected chi connectivity index (χ0v) is 24.0. The summed E-state index contributed by atoms with van der Waals surface area (Å²) in [6.07, 6.45) is 0.751. The van der Waals surface area contributed by atoms with E-state index in [-0.39, 0.29) is 23.0 Å². The van der Waals surface area contributed by atoms with Crippen LogP contribution in [0.1, 0.15) is 37.0 Å². The predicted molar refractivity (Wildman–Crippen MR) is 153 cm³/mol. The lowest BCUT2D eigenvalue weighted by Crippen LogP contribution is -2.51. The van der Waals surface area contributed by atoms with Crippen molar-refractivity contribution >= 4 is 27.5 Å². The van der Waals surface area contributed by atoms with E-state index in [1.165, 1.54) is 24.1 Å². The summed E-state index contributed by atoms with van der Waals surface area (Å²) >= 11 is 0. The van der Waals surface area contributed by atoms with Crippen molar-refractivity contribution in [2.75, 3.05) is 24.5 Å². The number of hydrogen-bond donors (Lipinski definition) is 1. The summed E-state index contributed by atoms with van der Waals surface area (Å²) < 4.78 is 34.4. The summed E-state index contributed by atoms with van der Waals surface area (Å²) in [5.41, 5.74) is 2.99. The lowest BCUT2D eigenvalue weighted by Gasteiger charge is -2.32. The average molecular weight is 552 g/mol. The zero-order valence-electron chi connectivity index (χ0n) is 23.2. The Bertz CT molecular complexity index is 1390. The molecule has 0 spiro atoms. The first-order chi connectivity index (χ1) is 18.6. The van der Waals surface area contributed by atoms with Gasteiger partial charge in [-0.25, -0.2) is 8.42 Å². The van der Waals surface area contributed by atoms with Gasteiger partial charge in [0, 0.05) is 13.1 Å². The minimum absolute atomic E-state index is 0.0470. The van der Waals surface area contributed by atoms with Gasteiger partial charge in [-0.2, -0.15) is 0 Å². The van der Waals surface area contributed by atoms with Gasteiger partial charge in [0.1, 0.15) is 18.3 Å². The molecule has 0 radical (unpaired) electrons. The van der Waals surface area contributed by atoms with Crippen molar-refractivity contribution in [1.29, 1.82) is 0 Å². The summed E-state index contributed by atoms with van der Waals surface area (Å²) in [4.78, 5) is 28.4. The molecular weight excluding hydrogens is 514 g/mol. The molecule has 0 aliphatic carbocycles. The van der Waals surface area contributed by atoms with Gasteiger partial charge in [-0.3, -0.25) is 13.9 Å². The molecule has 9 heteroatoms. The standard InChI is InChI=1S/C30H37N3O5S/c1-6-18-31-30(35)24(4)32(20-25-11-9-10-23(3)19-25)29(34)21-33(27-12-7-8-13-28(27)38-5)39(36,37)26-16-14-22(2)15-17-26/h7-17,19,24H,6,18,20-21H2,1-5H3,(H,31,35). The molecule has 1 atom stereocenters. The number of methoxy groups -OCH3 is 1. The summed E-state index contributed by atoms with van der Waals surface area (Å²) in [6, 6.07) is 19.9. The predicted octanol–water partition coefficient (Wildman–Crippen LogP) is 4.45. The average Bonchev–Trinajstić information content (AvgIpc) is 2.93. The summed E-state index contributed by atoms with van der Waals surface area (Å²) in [5.74, 6) is -0.514. The molecule has 0 saturated heterocycles. The number of nitrogens with one attached hydrogen (secondary N) is 1. The number of benzene rings is 3. The van der Waals surface area contributed by atoms with Crippen LogP contribution in [0, 0.1) is 13.8 Å². The van der Waals surface area contributed by atoms with E-state index in [0.717, 1.165) is 27.4 Å². The molecule has 208 valence electrons. The third-order valence-electron chi connectivity index (χ3n) is 6.39. The molecule has 0 heterocycles. The van der Waals surface area contributed by atoms with Crippen LogP contribution in [0.5, 0.6) is 5.75 Å². The lowest BCUT2D eigenvalue weighted by molar-refractivity contribution is -0.139. The number of carbonyl (C=O) groups excluding carboxylic acids is 2. The van der Waals surface area contributed by atoms with Gasteiger partial charge in [0.25, 0.3) is 10.0 Å². The molecule has 3 rings (SSSR count). The van der Waals surface area contributed by atoms with E-state index >= 15 is 0 Å². The number of carbonyl (C=O) groups is 2. The van der Waals surface area contributed by atoms with Crippen LogP contribution in [0.25, 0.3) is 0 Å². The summed E-state index contributed by atoms with van der Waals surface area (Å²) in [6.45, 7) is 7.52. The van der Waals surface area contributed by atoms with Crippen molar-refractivity contribution in [3.05, 3.63) is 89.5 Å². The van der Waals surface area contributed by atoms with Gasteiger partial charge in [0.2, 0.25) is 11.8 Å². The van der Waals surface area contributed by atoms with E-state index in [9.17, 15) is 18.0 Å². The second-order valence-electron chi connectivity index (χ2n) is 9.47. The topological polar surface area (TPSA) is 96.0 Å². The number of anilines is 1. The van der Waals surface area contributed by atoms with Gasteiger partial charge in [-0.15, -0.1) is 0 Å². The van der Waals surface area contributed by atoms with Gasteiger partial charge < -0.3 is 15.0 Å². The number of nitrogens with zero attached hydrogens (tertiary/aromatic N) is 2. The van der Waals surface area contributed by atoms with Crippen molar-refractivity contribution in [1.82, 2.24) is 10.2 Å². The molecule has 2 amide bonds. The Morgan fingerprint density at radius 3 is 2.28 bits per heavy atom. The molecule has 3 aromatic rings. The smallest absolute Gasteiger partial charge is 0.264 e. The van der Waals surface area contributed by atoms with Gasteiger partial charge in [-0.1, -0.05) is 66.6 Å². The number of sulfonamides is 1. The molecule has 0 aromatic heterocycles. The normalized spacial score (nSPS) is 11.9. The second kappa shape index (κ2) is 13.3. The minimum Gasteiger partial charge on any atom is -0.495 e. The Morgan fingerprint density at radius 1 is 0.949 bits per heavy atom. The molecule has 0 aliphatic heterocycles. The molecule has 39 heavy (non-hydrogen) atoms. The van der Waals surface area contributed by atoms with Crippen molar-refractivity contribution in [3.8, 4) is 5.75 Å². The van der Waals surface area contributed by atoms with Gasteiger partial charge in [0.15, 0.2) is 0 Å². The highest BCUT2D eigenvalue weighted by Crippen LogP contribution is 2.32.